The minimum atomic E-state index is -4.85. The van der Waals surface area contributed by atoms with Crippen LogP contribution in [0.5, 0.6) is 0 Å². The van der Waals surface area contributed by atoms with Gasteiger partial charge in [0.15, 0.2) is 5.69 Å². The average Bonchev–Trinajstić information content (AvgIpc) is 2.86. The van der Waals surface area contributed by atoms with Gasteiger partial charge in [0.2, 0.25) is 5.72 Å². The molecule has 0 fully saturated rings. The van der Waals surface area contributed by atoms with Gasteiger partial charge in [0.05, 0.1) is 4.47 Å². The predicted octanol–water partition coefficient (Wildman–Crippen LogP) is 2.38. The van der Waals surface area contributed by atoms with Crippen molar-refractivity contribution in [2.75, 3.05) is 0 Å². The van der Waals surface area contributed by atoms with Crippen molar-refractivity contribution in [1.82, 2.24) is 14.8 Å². The highest BCUT2D eigenvalue weighted by Crippen LogP contribution is 2.38. The number of aliphatic hydroxyl groups is 1. The molecule has 1 aliphatic heterocycles. The Balaban J connectivity index is 2.51. The summed E-state index contributed by atoms with van der Waals surface area (Å²) < 4.78 is 64.4. The third kappa shape index (κ3) is 2.84. The van der Waals surface area contributed by atoms with Gasteiger partial charge < -0.3 is 5.11 Å². The van der Waals surface area contributed by atoms with Crippen LogP contribution in [-0.4, -0.2) is 43.7 Å². The smallest absolute Gasteiger partial charge is 0.364 e. The quantitative estimate of drug-likeness (QED) is 0.769. The van der Waals surface area contributed by atoms with E-state index in [2.05, 4.69) is 26.1 Å². The van der Waals surface area contributed by atoms with Crippen LogP contribution in [0.4, 0.5) is 22.0 Å². The Kier molecular flexibility index (Phi) is 4.26. The maximum absolute atomic E-state index is 13.1. The van der Waals surface area contributed by atoms with Crippen LogP contribution in [0.2, 0.25) is 0 Å². The van der Waals surface area contributed by atoms with Crippen molar-refractivity contribution in [2.45, 2.75) is 31.7 Å². The van der Waals surface area contributed by atoms with Gasteiger partial charge in [-0.2, -0.15) is 28.4 Å². The molecule has 0 saturated heterocycles. The maximum atomic E-state index is 13.1. The van der Waals surface area contributed by atoms with E-state index in [4.69, 9.17) is 0 Å². The number of aryl methyl sites for hydroxylation is 1. The van der Waals surface area contributed by atoms with E-state index in [0.717, 1.165) is 7.05 Å². The summed E-state index contributed by atoms with van der Waals surface area (Å²) in [5.74, 6) is -1.33. The second kappa shape index (κ2) is 5.51. The SMILES string of the molecule is CC1=NN(C(=O)c2c(Br)c(C(F)(F)F)nn2C)C(O)(C(F)F)C1. The molecule has 2 heterocycles. The van der Waals surface area contributed by atoms with Gasteiger partial charge in [-0.15, -0.1) is 0 Å². The van der Waals surface area contributed by atoms with E-state index in [-0.39, 0.29) is 10.7 Å². The summed E-state index contributed by atoms with van der Waals surface area (Å²) in [7, 11) is 1.04. The van der Waals surface area contributed by atoms with Crippen molar-refractivity contribution in [3.05, 3.63) is 15.9 Å². The minimum Gasteiger partial charge on any atom is -0.364 e. The first kappa shape index (κ1) is 17.8. The van der Waals surface area contributed by atoms with E-state index in [1.807, 2.05) is 0 Å². The van der Waals surface area contributed by atoms with Gasteiger partial charge in [-0.25, -0.2) is 8.78 Å². The van der Waals surface area contributed by atoms with Gasteiger partial charge >= 0.3 is 6.18 Å². The lowest BCUT2D eigenvalue weighted by Gasteiger charge is -2.30. The number of amides is 1. The average molecular weight is 405 g/mol. The summed E-state index contributed by atoms with van der Waals surface area (Å²) in [5, 5.41) is 16.7. The fourth-order valence-electron chi connectivity index (χ4n) is 2.15. The fraction of sp³-hybridized carbons (Fsp3) is 0.545. The van der Waals surface area contributed by atoms with Crippen LogP contribution in [0.3, 0.4) is 0 Å². The molecule has 23 heavy (non-hydrogen) atoms. The van der Waals surface area contributed by atoms with Gasteiger partial charge in [-0.05, 0) is 22.9 Å². The third-order valence-corrected chi connectivity index (χ3v) is 3.91. The van der Waals surface area contributed by atoms with E-state index < -0.39 is 46.5 Å². The molecule has 0 aliphatic carbocycles. The highest BCUT2D eigenvalue weighted by molar-refractivity contribution is 9.10. The van der Waals surface area contributed by atoms with Gasteiger partial charge in [-0.3, -0.25) is 9.48 Å². The zero-order chi connectivity index (χ0) is 17.7. The zero-order valence-corrected chi connectivity index (χ0v) is 13.3. The highest BCUT2D eigenvalue weighted by Gasteiger charge is 2.52. The molecule has 6 nitrogen and oxygen atoms in total. The van der Waals surface area contributed by atoms with Crippen LogP contribution >= 0.6 is 15.9 Å². The normalized spacial score (nSPS) is 22.0. The first-order valence-electron chi connectivity index (χ1n) is 6.08. The Morgan fingerprint density at radius 3 is 2.43 bits per heavy atom. The minimum absolute atomic E-state index is 0.0375. The van der Waals surface area contributed by atoms with Crippen molar-refractivity contribution in [2.24, 2.45) is 12.1 Å². The maximum Gasteiger partial charge on any atom is 0.436 e. The number of hydrazone groups is 1. The Labute approximate surface area is 134 Å². The van der Waals surface area contributed by atoms with Crippen LogP contribution in [0.25, 0.3) is 0 Å². The number of alkyl halides is 5. The van der Waals surface area contributed by atoms with Crippen molar-refractivity contribution >= 4 is 27.5 Å². The van der Waals surface area contributed by atoms with E-state index in [1.54, 1.807) is 0 Å². The molecule has 12 heteroatoms. The van der Waals surface area contributed by atoms with Gasteiger partial charge in [0.25, 0.3) is 12.3 Å². The number of hydrogen-bond donors (Lipinski definition) is 1. The molecule has 1 N–H and O–H groups in total. The summed E-state index contributed by atoms with van der Waals surface area (Å²) >= 11 is 2.61. The predicted molar refractivity (Wildman–Crippen MR) is 70.8 cm³/mol. The molecule has 1 atom stereocenters. The van der Waals surface area contributed by atoms with Crippen LogP contribution in [0.15, 0.2) is 9.57 Å². The molecule has 0 radical (unpaired) electrons. The Bertz CT molecular complexity index is 687. The molecule has 0 saturated carbocycles. The Morgan fingerprint density at radius 1 is 1.43 bits per heavy atom. The van der Waals surface area contributed by atoms with E-state index in [9.17, 15) is 31.9 Å². The largest absolute Gasteiger partial charge is 0.436 e. The molecule has 0 aromatic carbocycles. The molecule has 1 aromatic rings. The summed E-state index contributed by atoms with van der Waals surface area (Å²) in [4.78, 5) is 12.4. The molecule has 1 unspecified atom stereocenters. The van der Waals surface area contributed by atoms with Crippen LogP contribution in [0, 0.1) is 0 Å². The number of halogens is 6. The number of hydrogen-bond acceptors (Lipinski definition) is 4. The number of carbonyl (C=O) groups is 1. The molecular formula is C11H10BrF5N4O2. The van der Waals surface area contributed by atoms with Crippen molar-refractivity contribution in [3.8, 4) is 0 Å². The van der Waals surface area contributed by atoms with Crippen molar-refractivity contribution in [3.63, 3.8) is 0 Å². The topological polar surface area (TPSA) is 70.7 Å². The molecular weight excluding hydrogens is 395 g/mol. The fourth-order valence-corrected chi connectivity index (χ4v) is 2.88. The first-order valence-corrected chi connectivity index (χ1v) is 6.87. The standard InChI is InChI=1S/C11H10BrF5N4O2/c1-4-3-10(23,9(13)14)21(18-4)8(22)6-5(12)7(11(15,16)17)19-20(6)2/h9,23H,3H2,1-2H3. The van der Waals surface area contributed by atoms with E-state index in [0.29, 0.717) is 4.68 Å². The summed E-state index contributed by atoms with van der Waals surface area (Å²) in [6.45, 7) is 1.31. The number of nitrogens with zero attached hydrogens (tertiary/aromatic N) is 4. The highest BCUT2D eigenvalue weighted by atomic mass is 79.9. The molecule has 2 rings (SSSR count). The monoisotopic (exact) mass is 404 g/mol. The lowest BCUT2D eigenvalue weighted by atomic mass is 10.1. The first-order chi connectivity index (χ1) is 10.4. The number of rotatable bonds is 2. The lowest BCUT2D eigenvalue weighted by Crippen LogP contribution is -2.51. The van der Waals surface area contributed by atoms with Crippen LogP contribution in [-0.2, 0) is 13.2 Å². The summed E-state index contributed by atoms with van der Waals surface area (Å²) in [6, 6.07) is 0. The second-order valence-corrected chi connectivity index (χ2v) is 5.73. The lowest BCUT2D eigenvalue weighted by molar-refractivity contribution is -0.164. The Morgan fingerprint density at radius 2 is 2.00 bits per heavy atom. The van der Waals surface area contributed by atoms with Gasteiger partial charge in [0, 0.05) is 19.2 Å². The summed E-state index contributed by atoms with van der Waals surface area (Å²) in [6.07, 6.45) is -8.82. The second-order valence-electron chi connectivity index (χ2n) is 4.94. The number of aromatic nitrogens is 2. The molecule has 0 spiro atoms. The molecule has 1 amide bonds. The summed E-state index contributed by atoms with van der Waals surface area (Å²) in [5.41, 5.74) is -4.92. The number of carbonyl (C=O) groups excluding carboxylic acids is 1. The van der Waals surface area contributed by atoms with Gasteiger partial charge in [-0.1, -0.05) is 0 Å². The van der Waals surface area contributed by atoms with Gasteiger partial charge in [0.1, 0.15) is 5.69 Å². The van der Waals surface area contributed by atoms with Crippen LogP contribution < -0.4 is 0 Å². The molecule has 1 aromatic heterocycles. The molecule has 0 bridgehead atoms. The zero-order valence-electron chi connectivity index (χ0n) is 11.7. The van der Waals surface area contributed by atoms with Crippen molar-refractivity contribution in [1.29, 1.82) is 0 Å². The van der Waals surface area contributed by atoms with E-state index in [1.165, 1.54) is 6.92 Å². The molecule has 1 aliphatic rings. The van der Waals surface area contributed by atoms with E-state index >= 15 is 0 Å². The third-order valence-electron chi connectivity index (χ3n) is 3.16. The Hall–Kier alpha value is -1.56. The molecule has 128 valence electrons. The van der Waals surface area contributed by atoms with Crippen molar-refractivity contribution < 1.29 is 31.9 Å². The van der Waals surface area contributed by atoms with Crippen LogP contribution in [0.1, 0.15) is 29.5 Å².